The molecule has 0 atom stereocenters. The van der Waals surface area contributed by atoms with Crippen LogP contribution < -0.4 is 118 Å². The van der Waals surface area contributed by atoms with Gasteiger partial charge in [-0.15, -0.1) is 0 Å². The molecular formula is C44H26N4Na4O12S4. The van der Waals surface area contributed by atoms with E-state index in [9.17, 15) is 51.9 Å². The zero-order chi connectivity index (χ0) is 45.3. The van der Waals surface area contributed by atoms with Crippen LogP contribution in [0.25, 0.3) is 90.9 Å². The first-order valence-corrected chi connectivity index (χ1v) is 24.3. The van der Waals surface area contributed by atoms with E-state index in [2.05, 4.69) is 9.97 Å². The van der Waals surface area contributed by atoms with E-state index in [4.69, 9.17) is 9.97 Å². The van der Waals surface area contributed by atoms with Gasteiger partial charge in [0.15, 0.2) is 0 Å². The molecule has 0 unspecified atom stereocenters. The summed E-state index contributed by atoms with van der Waals surface area (Å²) in [7, 11) is -19.2. The van der Waals surface area contributed by atoms with Crippen molar-refractivity contribution in [3.8, 4) is 44.5 Å². The van der Waals surface area contributed by atoms with E-state index in [0.29, 0.717) is 89.4 Å². The van der Waals surface area contributed by atoms with Crippen LogP contribution in [-0.4, -0.2) is 71.8 Å². The Balaban J connectivity index is 0.00000216. The van der Waals surface area contributed by atoms with Crippen LogP contribution in [0.2, 0.25) is 0 Å². The van der Waals surface area contributed by atoms with Crippen LogP contribution in [0.15, 0.2) is 141 Å². The fraction of sp³-hybridized carbons (Fsp3) is 0. The molecule has 0 saturated heterocycles. The minimum absolute atomic E-state index is 0. The van der Waals surface area contributed by atoms with Crippen molar-refractivity contribution in [1.82, 2.24) is 19.9 Å². The summed E-state index contributed by atoms with van der Waals surface area (Å²) in [5.41, 5.74) is 6.76. The van der Waals surface area contributed by atoms with Gasteiger partial charge < -0.3 is 28.2 Å². The summed E-state index contributed by atoms with van der Waals surface area (Å²) in [5, 5.41) is 0. The third-order valence-electron chi connectivity index (χ3n) is 10.5. The fourth-order valence-electron chi connectivity index (χ4n) is 7.57. The summed E-state index contributed by atoms with van der Waals surface area (Å²) in [6.07, 6.45) is 6.74. The Morgan fingerprint density at radius 1 is 0.294 bits per heavy atom. The molecule has 0 fully saturated rings. The van der Waals surface area contributed by atoms with E-state index < -0.39 is 60.1 Å². The van der Waals surface area contributed by atoms with Crippen molar-refractivity contribution in [2.75, 3.05) is 0 Å². The molecule has 68 heavy (non-hydrogen) atoms. The second-order valence-corrected chi connectivity index (χ2v) is 19.9. The number of nitrogens with zero attached hydrogens (tertiary/aromatic N) is 2. The predicted octanol–water partition coefficient (Wildman–Crippen LogP) is -5.04. The molecule has 4 aromatic carbocycles. The third kappa shape index (κ3) is 11.6. The van der Waals surface area contributed by atoms with E-state index >= 15 is 0 Å². The molecule has 2 aliphatic heterocycles. The SMILES string of the molecule is O=S(=O)([O-])c1ccc(-c2c3nc(c(-c4ccc(S(=O)(=O)[O-])cc4)c4ccc([nH]4)c(-c4ccc(S(=O)(=O)[O-])cc4)c4ccc([nH]4)c(-c4ccc(S(=O)(=O)[O-])cc4)c4nc2C=C4)C=C3)cc1.[Na+].[Na+].[Na+].[Na+]. The van der Waals surface area contributed by atoms with E-state index in [1.807, 2.05) is 0 Å². The van der Waals surface area contributed by atoms with Gasteiger partial charge in [-0.1, -0.05) is 48.5 Å². The summed E-state index contributed by atoms with van der Waals surface area (Å²) in [6.45, 7) is 0. The predicted molar refractivity (Wildman–Crippen MR) is 232 cm³/mol. The van der Waals surface area contributed by atoms with Crippen LogP contribution in [0.5, 0.6) is 0 Å². The Morgan fingerprint density at radius 2 is 0.500 bits per heavy atom. The molecule has 5 heterocycles. The molecule has 322 valence electrons. The van der Waals surface area contributed by atoms with Crippen molar-refractivity contribution in [3.05, 3.63) is 144 Å². The van der Waals surface area contributed by atoms with Crippen molar-refractivity contribution in [2.45, 2.75) is 19.6 Å². The van der Waals surface area contributed by atoms with E-state index in [1.165, 1.54) is 84.9 Å². The smallest absolute Gasteiger partial charge is 0.744 e. The van der Waals surface area contributed by atoms with Gasteiger partial charge in [-0.05, 0) is 119 Å². The minimum atomic E-state index is -4.81. The molecule has 7 aromatic rings. The molecule has 0 amide bonds. The minimum Gasteiger partial charge on any atom is -0.744 e. The van der Waals surface area contributed by atoms with Crippen molar-refractivity contribution < 1.29 is 170 Å². The van der Waals surface area contributed by atoms with Crippen LogP contribution in [0.1, 0.15) is 22.8 Å². The summed E-state index contributed by atoms with van der Waals surface area (Å²) in [6, 6.07) is 27.9. The van der Waals surface area contributed by atoms with Crippen LogP contribution in [0, 0.1) is 0 Å². The Hall–Kier alpha value is -2.88. The molecule has 0 radical (unpaired) electrons. The molecule has 0 saturated carbocycles. The topological polar surface area (TPSA) is 286 Å². The van der Waals surface area contributed by atoms with Gasteiger partial charge in [0.05, 0.1) is 42.4 Å². The summed E-state index contributed by atoms with van der Waals surface area (Å²) in [4.78, 5) is 15.0. The maximum atomic E-state index is 11.9. The van der Waals surface area contributed by atoms with Gasteiger partial charge in [-0.3, -0.25) is 0 Å². The standard InChI is InChI=1S/C44H30N4O12S4.4Na/c49-61(50,51)29-9-1-25(2-10-29)41-33-17-19-35(45-33)42(26-3-11-30(12-4-26)62(52,53)54)37-21-23-39(47-37)44(28-7-15-32(16-8-28)64(58,59)60)40-24-22-38(48-40)43(36-20-18-34(41)46-36)27-5-13-31(14-6-27)63(55,56)57;;;;/h1-24,45-46H,(H,49,50,51)(H,52,53,54)(H,55,56,57)(H,58,59,60);;;;/q;4*+1/p-4. The van der Waals surface area contributed by atoms with Crippen molar-refractivity contribution in [1.29, 1.82) is 0 Å². The number of rotatable bonds is 8. The maximum Gasteiger partial charge on any atom is 1.00 e. The third-order valence-corrected chi connectivity index (χ3v) is 13.9. The zero-order valence-corrected chi connectivity index (χ0v) is 47.5. The number of fused-ring (bicyclic) bond motifs is 8. The normalized spacial score (nSPS) is 12.3. The number of benzene rings is 4. The number of aromatic nitrogens is 4. The van der Waals surface area contributed by atoms with Crippen molar-refractivity contribution in [3.63, 3.8) is 0 Å². The van der Waals surface area contributed by atoms with E-state index in [0.717, 1.165) is 12.1 Å². The fourth-order valence-corrected chi connectivity index (χ4v) is 9.45. The number of hydrogen-bond donors (Lipinski definition) is 2. The van der Waals surface area contributed by atoms with Crippen LogP contribution in [0.4, 0.5) is 0 Å². The molecule has 8 bridgehead atoms. The average molecular weight is 1020 g/mol. The quantitative estimate of drug-likeness (QED) is 0.107. The van der Waals surface area contributed by atoms with Gasteiger partial charge in [0.1, 0.15) is 40.5 Å². The van der Waals surface area contributed by atoms with Gasteiger partial charge in [-0.25, -0.2) is 43.6 Å². The largest absolute Gasteiger partial charge is 1.00 e. The Labute approximate surface area is 478 Å². The van der Waals surface area contributed by atoms with Crippen molar-refractivity contribution >= 4 is 86.8 Å². The number of aromatic amines is 2. The second-order valence-electron chi connectivity index (χ2n) is 14.4. The molecule has 9 rings (SSSR count). The van der Waals surface area contributed by atoms with Crippen LogP contribution >= 0.6 is 0 Å². The molecule has 24 heteroatoms. The van der Waals surface area contributed by atoms with Gasteiger partial charge in [0, 0.05) is 44.3 Å². The summed E-state index contributed by atoms with van der Waals surface area (Å²) >= 11 is 0. The number of H-pyrrole nitrogens is 2. The van der Waals surface area contributed by atoms with Crippen LogP contribution in [-0.2, 0) is 40.5 Å². The maximum absolute atomic E-state index is 11.9. The van der Waals surface area contributed by atoms with Gasteiger partial charge in [0.25, 0.3) is 0 Å². The molecule has 0 spiro atoms. The average Bonchev–Trinajstić information content (AvgIpc) is 4.08. The van der Waals surface area contributed by atoms with Gasteiger partial charge >= 0.3 is 118 Å². The summed E-state index contributed by atoms with van der Waals surface area (Å²) < 4.78 is 143. The zero-order valence-electron chi connectivity index (χ0n) is 36.3. The molecule has 16 nitrogen and oxygen atoms in total. The van der Waals surface area contributed by atoms with E-state index in [-0.39, 0.29) is 118 Å². The van der Waals surface area contributed by atoms with Crippen molar-refractivity contribution in [2.24, 2.45) is 0 Å². The van der Waals surface area contributed by atoms with Crippen LogP contribution in [0.3, 0.4) is 0 Å². The first-order chi connectivity index (χ1) is 30.2. The Morgan fingerprint density at radius 3 is 0.750 bits per heavy atom. The first-order valence-electron chi connectivity index (χ1n) is 18.6. The monoisotopic (exact) mass is 1020 g/mol. The van der Waals surface area contributed by atoms with Gasteiger partial charge in [-0.2, -0.15) is 0 Å². The first kappa shape index (κ1) is 56.0. The molecule has 0 aliphatic carbocycles. The molecule has 2 aliphatic rings. The molecule has 2 N–H and O–H groups in total. The summed E-state index contributed by atoms with van der Waals surface area (Å²) in [5.74, 6) is 0. The van der Waals surface area contributed by atoms with E-state index in [1.54, 1.807) is 48.6 Å². The number of hydrogen-bond acceptors (Lipinski definition) is 14. The number of nitrogens with one attached hydrogen (secondary N) is 2. The molecule has 3 aromatic heterocycles. The van der Waals surface area contributed by atoms with Gasteiger partial charge in [0.2, 0.25) is 0 Å². The Bertz CT molecular complexity index is 3640. The Kier molecular flexibility index (Phi) is 17.7. The molecular weight excluding hydrogens is 997 g/mol. The second kappa shape index (κ2) is 21.5.